The SMILES string of the molecule is C[C@H](CC(=O)Nc1ccc(Cl)cc1O)NC(=O)C1CCCC1. The lowest BCUT2D eigenvalue weighted by Gasteiger charge is -2.17. The molecular weight excluding hydrogens is 304 g/mol. The smallest absolute Gasteiger partial charge is 0.226 e. The maximum atomic E-state index is 12.0. The number of amides is 2. The topological polar surface area (TPSA) is 78.4 Å². The van der Waals surface area contributed by atoms with Gasteiger partial charge in [0.25, 0.3) is 0 Å². The second-order valence-electron chi connectivity index (χ2n) is 5.80. The molecule has 22 heavy (non-hydrogen) atoms. The summed E-state index contributed by atoms with van der Waals surface area (Å²) in [6.45, 7) is 1.80. The molecule has 6 heteroatoms. The van der Waals surface area contributed by atoms with Crippen LogP contribution < -0.4 is 10.6 Å². The van der Waals surface area contributed by atoms with Crippen LogP contribution in [0.25, 0.3) is 0 Å². The van der Waals surface area contributed by atoms with Gasteiger partial charge in [-0.3, -0.25) is 9.59 Å². The Hall–Kier alpha value is -1.75. The van der Waals surface area contributed by atoms with Gasteiger partial charge in [0.15, 0.2) is 0 Å². The minimum absolute atomic E-state index is 0.0344. The van der Waals surface area contributed by atoms with E-state index in [1.54, 1.807) is 13.0 Å². The summed E-state index contributed by atoms with van der Waals surface area (Å²) in [7, 11) is 0. The summed E-state index contributed by atoms with van der Waals surface area (Å²) in [6, 6.07) is 4.24. The second kappa shape index (κ2) is 7.49. The van der Waals surface area contributed by atoms with E-state index in [1.807, 2.05) is 0 Å². The fraction of sp³-hybridized carbons (Fsp3) is 0.500. The number of hydrogen-bond donors (Lipinski definition) is 3. The first-order chi connectivity index (χ1) is 10.5. The number of nitrogens with one attached hydrogen (secondary N) is 2. The van der Waals surface area contributed by atoms with Crippen molar-refractivity contribution in [1.29, 1.82) is 0 Å². The molecular formula is C16H21ClN2O3. The number of benzene rings is 1. The van der Waals surface area contributed by atoms with Crippen molar-refractivity contribution in [3.05, 3.63) is 23.2 Å². The lowest BCUT2D eigenvalue weighted by molar-refractivity contribution is -0.125. The van der Waals surface area contributed by atoms with E-state index in [0.717, 1.165) is 25.7 Å². The zero-order valence-corrected chi connectivity index (χ0v) is 13.3. The molecule has 1 aromatic rings. The fourth-order valence-electron chi connectivity index (χ4n) is 2.69. The molecule has 2 rings (SSSR count). The Bertz CT molecular complexity index is 556. The standard InChI is InChI=1S/C16H21ClN2O3/c1-10(18-16(22)11-4-2-3-5-11)8-15(21)19-13-7-6-12(17)9-14(13)20/h6-7,9-11,20H,2-5,8H2,1H3,(H,18,22)(H,19,21)/t10-/m1/s1. The lowest BCUT2D eigenvalue weighted by Crippen LogP contribution is -2.38. The van der Waals surface area contributed by atoms with E-state index >= 15 is 0 Å². The Kier molecular flexibility index (Phi) is 5.66. The summed E-state index contributed by atoms with van der Waals surface area (Å²) in [5, 5.41) is 15.6. The molecule has 1 aliphatic rings. The Balaban J connectivity index is 1.81. The van der Waals surface area contributed by atoms with Gasteiger partial charge in [0, 0.05) is 29.5 Å². The van der Waals surface area contributed by atoms with Crippen LogP contribution in [0.5, 0.6) is 5.75 Å². The first-order valence-corrected chi connectivity index (χ1v) is 7.92. The van der Waals surface area contributed by atoms with Gasteiger partial charge in [-0.25, -0.2) is 0 Å². The molecule has 0 bridgehead atoms. The molecule has 0 aromatic heterocycles. The number of anilines is 1. The van der Waals surface area contributed by atoms with Crippen molar-refractivity contribution in [3.63, 3.8) is 0 Å². The molecule has 0 aliphatic heterocycles. The summed E-state index contributed by atoms with van der Waals surface area (Å²) >= 11 is 5.74. The molecule has 1 aliphatic carbocycles. The largest absolute Gasteiger partial charge is 0.506 e. The van der Waals surface area contributed by atoms with Crippen molar-refractivity contribution in [2.45, 2.75) is 45.1 Å². The van der Waals surface area contributed by atoms with Gasteiger partial charge in [0.2, 0.25) is 11.8 Å². The lowest BCUT2D eigenvalue weighted by atomic mass is 10.1. The highest BCUT2D eigenvalue weighted by molar-refractivity contribution is 6.30. The highest BCUT2D eigenvalue weighted by atomic mass is 35.5. The number of aromatic hydroxyl groups is 1. The van der Waals surface area contributed by atoms with E-state index in [4.69, 9.17) is 11.6 Å². The maximum Gasteiger partial charge on any atom is 0.226 e. The molecule has 0 saturated heterocycles. The predicted octanol–water partition coefficient (Wildman–Crippen LogP) is 3.07. The van der Waals surface area contributed by atoms with Crippen LogP contribution in [-0.4, -0.2) is 23.0 Å². The summed E-state index contributed by atoms with van der Waals surface area (Å²) in [6.07, 6.45) is 4.22. The van der Waals surface area contributed by atoms with Crippen LogP contribution in [0.3, 0.4) is 0 Å². The van der Waals surface area contributed by atoms with E-state index in [0.29, 0.717) is 10.7 Å². The maximum absolute atomic E-state index is 12.0. The van der Waals surface area contributed by atoms with Gasteiger partial charge in [-0.1, -0.05) is 24.4 Å². The monoisotopic (exact) mass is 324 g/mol. The van der Waals surface area contributed by atoms with Crippen molar-refractivity contribution in [2.75, 3.05) is 5.32 Å². The third kappa shape index (κ3) is 4.63. The van der Waals surface area contributed by atoms with Crippen molar-refractivity contribution < 1.29 is 14.7 Å². The summed E-state index contributed by atoms with van der Waals surface area (Å²) in [5.74, 6) is -0.224. The third-order valence-electron chi connectivity index (χ3n) is 3.84. The molecule has 1 saturated carbocycles. The second-order valence-corrected chi connectivity index (χ2v) is 6.24. The average Bonchev–Trinajstić information content (AvgIpc) is 2.95. The van der Waals surface area contributed by atoms with Crippen LogP contribution in [0.15, 0.2) is 18.2 Å². The average molecular weight is 325 g/mol. The first kappa shape index (κ1) is 16.6. The van der Waals surface area contributed by atoms with Gasteiger partial charge in [0.1, 0.15) is 5.75 Å². The van der Waals surface area contributed by atoms with Crippen molar-refractivity contribution >= 4 is 29.1 Å². The van der Waals surface area contributed by atoms with Gasteiger partial charge in [0.05, 0.1) is 5.69 Å². The molecule has 0 radical (unpaired) electrons. The molecule has 0 unspecified atom stereocenters. The number of phenols is 1. The van der Waals surface area contributed by atoms with Gasteiger partial charge >= 0.3 is 0 Å². The number of hydrogen-bond acceptors (Lipinski definition) is 3. The number of phenolic OH excluding ortho intramolecular Hbond substituents is 1. The molecule has 5 nitrogen and oxygen atoms in total. The number of rotatable bonds is 5. The van der Waals surface area contributed by atoms with E-state index in [1.165, 1.54) is 12.1 Å². The molecule has 0 spiro atoms. The highest BCUT2D eigenvalue weighted by Crippen LogP contribution is 2.27. The van der Waals surface area contributed by atoms with Crippen molar-refractivity contribution in [2.24, 2.45) is 5.92 Å². The zero-order chi connectivity index (χ0) is 16.1. The molecule has 2 amide bonds. The third-order valence-corrected chi connectivity index (χ3v) is 4.08. The van der Waals surface area contributed by atoms with Crippen LogP contribution in [0, 0.1) is 5.92 Å². The molecule has 1 aromatic carbocycles. The van der Waals surface area contributed by atoms with Crippen molar-refractivity contribution in [3.8, 4) is 5.75 Å². The minimum Gasteiger partial charge on any atom is -0.506 e. The summed E-state index contributed by atoms with van der Waals surface area (Å²) in [5.41, 5.74) is 0.309. The van der Waals surface area contributed by atoms with Gasteiger partial charge in [-0.2, -0.15) is 0 Å². The normalized spacial score (nSPS) is 16.3. The van der Waals surface area contributed by atoms with E-state index in [-0.39, 0.29) is 35.9 Å². The Morgan fingerprint density at radius 3 is 2.68 bits per heavy atom. The van der Waals surface area contributed by atoms with Crippen LogP contribution in [-0.2, 0) is 9.59 Å². The highest BCUT2D eigenvalue weighted by Gasteiger charge is 2.24. The van der Waals surface area contributed by atoms with Gasteiger partial charge < -0.3 is 15.7 Å². The Morgan fingerprint density at radius 1 is 1.36 bits per heavy atom. The van der Waals surface area contributed by atoms with Gasteiger partial charge in [-0.05, 0) is 31.9 Å². The first-order valence-electron chi connectivity index (χ1n) is 7.54. The van der Waals surface area contributed by atoms with E-state index < -0.39 is 0 Å². The Labute approximate surface area is 135 Å². The van der Waals surface area contributed by atoms with Crippen molar-refractivity contribution in [1.82, 2.24) is 5.32 Å². The van der Waals surface area contributed by atoms with E-state index in [9.17, 15) is 14.7 Å². The predicted molar refractivity (Wildman–Crippen MR) is 85.9 cm³/mol. The van der Waals surface area contributed by atoms with Crippen LogP contribution in [0.1, 0.15) is 39.0 Å². The Morgan fingerprint density at radius 2 is 2.05 bits per heavy atom. The molecule has 0 heterocycles. The fourth-order valence-corrected chi connectivity index (χ4v) is 2.86. The summed E-state index contributed by atoms with van der Waals surface area (Å²) in [4.78, 5) is 23.9. The quantitative estimate of drug-likeness (QED) is 0.728. The molecule has 120 valence electrons. The van der Waals surface area contributed by atoms with Crippen LogP contribution in [0.4, 0.5) is 5.69 Å². The van der Waals surface area contributed by atoms with Gasteiger partial charge in [-0.15, -0.1) is 0 Å². The molecule has 1 fully saturated rings. The van der Waals surface area contributed by atoms with Crippen LogP contribution >= 0.6 is 11.6 Å². The number of carbonyl (C=O) groups excluding carboxylic acids is 2. The molecule has 1 atom stereocenters. The zero-order valence-electron chi connectivity index (χ0n) is 12.6. The molecule has 3 N–H and O–H groups in total. The summed E-state index contributed by atoms with van der Waals surface area (Å²) < 4.78 is 0. The number of halogens is 1. The minimum atomic E-state index is -0.267. The number of carbonyl (C=O) groups is 2. The van der Waals surface area contributed by atoms with E-state index in [2.05, 4.69) is 10.6 Å². The van der Waals surface area contributed by atoms with Crippen LogP contribution in [0.2, 0.25) is 5.02 Å².